The highest BCUT2D eigenvalue weighted by molar-refractivity contribution is 8.00. The number of nitrogens with one attached hydrogen (secondary N) is 1. The summed E-state index contributed by atoms with van der Waals surface area (Å²) in [5.41, 5.74) is -1.92. The first-order valence-electron chi connectivity index (χ1n) is 12.0. The van der Waals surface area contributed by atoms with Gasteiger partial charge < -0.3 is 15.1 Å². The number of benzene rings is 2. The highest BCUT2D eigenvalue weighted by Gasteiger charge is 2.29. The number of rotatable bonds is 8. The van der Waals surface area contributed by atoms with Crippen LogP contribution in [-0.4, -0.2) is 63.3 Å². The zero-order valence-electron chi connectivity index (χ0n) is 20.4. The van der Waals surface area contributed by atoms with E-state index in [-0.39, 0.29) is 28.5 Å². The van der Waals surface area contributed by atoms with Crippen molar-refractivity contribution >= 4 is 35.2 Å². The van der Waals surface area contributed by atoms with Crippen LogP contribution in [0.4, 0.5) is 24.8 Å². The largest absolute Gasteiger partial charge is 0.446 e. The Kier molecular flexibility index (Phi) is 8.67. The number of piperazine rings is 1. The molecule has 0 aliphatic carbocycles. The third kappa shape index (κ3) is 7.34. The van der Waals surface area contributed by atoms with Crippen LogP contribution in [0.25, 0.3) is 11.3 Å². The third-order valence-corrected chi connectivity index (χ3v) is 6.65. The van der Waals surface area contributed by atoms with E-state index >= 15 is 0 Å². The van der Waals surface area contributed by atoms with E-state index in [0.29, 0.717) is 67.5 Å². The molecule has 2 heterocycles. The molecule has 1 aliphatic rings. The fourth-order valence-corrected chi connectivity index (χ4v) is 4.50. The molecule has 4 rings (SSSR count). The van der Waals surface area contributed by atoms with Crippen molar-refractivity contribution in [2.45, 2.75) is 23.2 Å². The molecule has 198 valence electrons. The maximum Gasteiger partial charge on any atom is 0.446 e. The molecule has 2 aromatic carbocycles. The van der Waals surface area contributed by atoms with E-state index in [1.54, 1.807) is 64.5 Å². The number of halogens is 3. The lowest BCUT2D eigenvalue weighted by Crippen LogP contribution is -2.50. The molecule has 1 N–H and O–H groups in total. The number of carbonyl (C=O) groups excluding carboxylic acids is 2. The number of alkyl halides is 3. The first-order chi connectivity index (χ1) is 18.2. The molecule has 1 fully saturated rings. The molecule has 3 aromatic rings. The van der Waals surface area contributed by atoms with Crippen molar-refractivity contribution in [3.05, 3.63) is 79.0 Å². The summed E-state index contributed by atoms with van der Waals surface area (Å²) in [7, 11) is 0. The molecule has 1 aromatic heterocycles. The lowest BCUT2D eigenvalue weighted by atomic mass is 10.1. The van der Waals surface area contributed by atoms with Crippen molar-refractivity contribution in [3.8, 4) is 11.3 Å². The quantitative estimate of drug-likeness (QED) is 0.289. The molecule has 1 saturated heterocycles. The molecule has 7 nitrogen and oxygen atoms in total. The number of hydrogen-bond donors (Lipinski definition) is 1. The zero-order chi connectivity index (χ0) is 27.1. The van der Waals surface area contributed by atoms with E-state index < -0.39 is 5.51 Å². The molecule has 0 spiro atoms. The number of anilines is 2. The van der Waals surface area contributed by atoms with Crippen molar-refractivity contribution in [1.29, 1.82) is 0 Å². The molecule has 0 bridgehead atoms. The monoisotopic (exact) mass is 541 g/mol. The minimum absolute atomic E-state index is 0.0798. The van der Waals surface area contributed by atoms with Crippen molar-refractivity contribution in [2.75, 3.05) is 31.5 Å². The van der Waals surface area contributed by atoms with E-state index in [4.69, 9.17) is 0 Å². The molecule has 0 radical (unpaired) electrons. The normalized spacial score (nSPS) is 13.8. The molecule has 11 heteroatoms. The van der Waals surface area contributed by atoms with Gasteiger partial charge in [0.05, 0.1) is 5.69 Å². The number of aromatic nitrogens is 2. The van der Waals surface area contributed by atoms with Gasteiger partial charge in [0.2, 0.25) is 11.9 Å². The smallest absolute Gasteiger partial charge is 0.339 e. The summed E-state index contributed by atoms with van der Waals surface area (Å²) in [5, 5.41) is 3.09. The van der Waals surface area contributed by atoms with Gasteiger partial charge in [-0.1, -0.05) is 18.2 Å². The molecule has 0 atom stereocenters. The molecule has 0 saturated carbocycles. The predicted octanol–water partition coefficient (Wildman–Crippen LogP) is 5.75. The van der Waals surface area contributed by atoms with Gasteiger partial charge in [-0.05, 0) is 60.6 Å². The second kappa shape index (κ2) is 12.1. The second-order valence-corrected chi connectivity index (χ2v) is 9.68. The van der Waals surface area contributed by atoms with Gasteiger partial charge in [0.25, 0.3) is 5.91 Å². The maximum absolute atomic E-state index is 12.9. The Balaban J connectivity index is 1.34. The fraction of sp³-hybridized carbons (Fsp3) is 0.259. The molecule has 1 aliphatic heterocycles. The van der Waals surface area contributed by atoms with E-state index in [1.807, 2.05) is 0 Å². The van der Waals surface area contributed by atoms with Gasteiger partial charge in [-0.2, -0.15) is 13.2 Å². The number of thioether (sulfide) groups is 1. The van der Waals surface area contributed by atoms with E-state index in [0.717, 1.165) is 0 Å². The Morgan fingerprint density at radius 2 is 1.63 bits per heavy atom. The second-order valence-electron chi connectivity index (χ2n) is 8.54. The Labute approximate surface area is 222 Å². The zero-order valence-corrected chi connectivity index (χ0v) is 21.3. The standard InChI is InChI=1S/C27H26F3N5O2S/c1-2-3-4-24(36)34-15-17-35(18-16-34)25(37)20-5-9-21(10-6-20)32-26-31-14-13-23(33-26)19-7-11-22(12-8-19)38-27(28,29)30/h2,5-14H,1,3-4,15-18H2,(H,31,32,33). The van der Waals surface area contributed by atoms with Crippen molar-refractivity contribution < 1.29 is 22.8 Å². The molecule has 38 heavy (non-hydrogen) atoms. The maximum atomic E-state index is 12.9. The Hall–Kier alpha value is -3.86. The third-order valence-electron chi connectivity index (χ3n) is 5.91. The van der Waals surface area contributed by atoms with Crippen LogP contribution in [0.2, 0.25) is 0 Å². The average molecular weight is 542 g/mol. The summed E-state index contributed by atoms with van der Waals surface area (Å²) >= 11 is -0.165. The summed E-state index contributed by atoms with van der Waals surface area (Å²) in [4.78, 5) is 37.4. The van der Waals surface area contributed by atoms with Crippen molar-refractivity contribution in [1.82, 2.24) is 19.8 Å². The van der Waals surface area contributed by atoms with Gasteiger partial charge >= 0.3 is 5.51 Å². The highest BCUT2D eigenvalue weighted by atomic mass is 32.2. The summed E-state index contributed by atoms with van der Waals surface area (Å²) in [6, 6.07) is 14.6. The average Bonchev–Trinajstić information content (AvgIpc) is 2.91. The van der Waals surface area contributed by atoms with Gasteiger partial charge in [0.1, 0.15) is 0 Å². The van der Waals surface area contributed by atoms with Crippen LogP contribution in [0.3, 0.4) is 0 Å². The van der Waals surface area contributed by atoms with Crippen LogP contribution >= 0.6 is 11.8 Å². The summed E-state index contributed by atoms with van der Waals surface area (Å²) in [6.45, 7) is 5.63. The number of amides is 2. The van der Waals surface area contributed by atoms with Crippen LogP contribution in [0.1, 0.15) is 23.2 Å². The Bertz CT molecular complexity index is 1280. The minimum Gasteiger partial charge on any atom is -0.339 e. The lowest BCUT2D eigenvalue weighted by molar-refractivity contribution is -0.132. The van der Waals surface area contributed by atoms with Crippen LogP contribution in [0.15, 0.2) is 78.3 Å². The SMILES string of the molecule is C=CCCC(=O)N1CCN(C(=O)c2ccc(Nc3nccc(-c4ccc(SC(F)(F)F)cc4)n3)cc2)CC1. The molecular weight excluding hydrogens is 515 g/mol. The van der Waals surface area contributed by atoms with Crippen molar-refractivity contribution in [3.63, 3.8) is 0 Å². The number of nitrogens with zero attached hydrogens (tertiary/aromatic N) is 4. The summed E-state index contributed by atoms with van der Waals surface area (Å²) < 4.78 is 37.7. The van der Waals surface area contributed by atoms with Crippen LogP contribution < -0.4 is 5.32 Å². The Morgan fingerprint density at radius 3 is 2.26 bits per heavy atom. The lowest BCUT2D eigenvalue weighted by Gasteiger charge is -2.35. The first-order valence-corrected chi connectivity index (χ1v) is 12.8. The number of carbonyl (C=O) groups is 2. The van der Waals surface area contributed by atoms with E-state index in [2.05, 4.69) is 21.9 Å². The minimum atomic E-state index is -4.34. The van der Waals surface area contributed by atoms with Gasteiger partial charge in [-0.3, -0.25) is 9.59 Å². The van der Waals surface area contributed by atoms with Gasteiger partial charge in [-0.25, -0.2) is 9.97 Å². The topological polar surface area (TPSA) is 78.4 Å². The highest BCUT2D eigenvalue weighted by Crippen LogP contribution is 2.37. The first kappa shape index (κ1) is 27.2. The molecule has 2 amide bonds. The summed E-state index contributed by atoms with van der Waals surface area (Å²) in [5.74, 6) is 0.295. The van der Waals surface area contributed by atoms with Gasteiger partial charge in [0, 0.05) is 60.5 Å². The van der Waals surface area contributed by atoms with Gasteiger partial charge in [-0.15, -0.1) is 6.58 Å². The van der Waals surface area contributed by atoms with Crippen LogP contribution in [0.5, 0.6) is 0 Å². The van der Waals surface area contributed by atoms with Crippen LogP contribution in [-0.2, 0) is 4.79 Å². The molecule has 0 unspecified atom stereocenters. The number of allylic oxidation sites excluding steroid dienone is 1. The van der Waals surface area contributed by atoms with E-state index in [9.17, 15) is 22.8 Å². The van der Waals surface area contributed by atoms with E-state index in [1.165, 1.54) is 12.1 Å². The molecular formula is C27H26F3N5O2S. The predicted molar refractivity (Wildman–Crippen MR) is 141 cm³/mol. The van der Waals surface area contributed by atoms with Crippen molar-refractivity contribution in [2.24, 2.45) is 0 Å². The fourth-order valence-electron chi connectivity index (χ4n) is 3.96. The summed E-state index contributed by atoms with van der Waals surface area (Å²) in [6.07, 6.45) is 4.36. The van der Waals surface area contributed by atoms with Gasteiger partial charge in [0.15, 0.2) is 0 Å². The Morgan fingerprint density at radius 1 is 0.974 bits per heavy atom. The number of hydrogen-bond acceptors (Lipinski definition) is 6. The van der Waals surface area contributed by atoms with Crippen LogP contribution in [0, 0.1) is 0 Å².